The second-order valence-corrected chi connectivity index (χ2v) is 3.39. The molecule has 4 nitrogen and oxygen atoms in total. The Morgan fingerprint density at radius 3 is 2.87 bits per heavy atom. The van der Waals surface area contributed by atoms with E-state index in [1.165, 1.54) is 0 Å². The van der Waals surface area contributed by atoms with Crippen LogP contribution in [0.25, 0.3) is 0 Å². The summed E-state index contributed by atoms with van der Waals surface area (Å²) in [6.45, 7) is 1.28. The quantitative estimate of drug-likeness (QED) is 0.623. The highest BCUT2D eigenvalue weighted by Crippen LogP contribution is 2.16. The number of benzene rings is 1. The lowest BCUT2D eigenvalue weighted by molar-refractivity contribution is 0.262. The molecule has 1 aromatic carbocycles. The molecule has 0 spiro atoms. The lowest BCUT2D eigenvalue weighted by Gasteiger charge is -2.11. The van der Waals surface area contributed by atoms with Gasteiger partial charge in [0, 0.05) is 24.7 Å². The summed E-state index contributed by atoms with van der Waals surface area (Å²) >= 11 is 0. The number of nitrogens with two attached hydrogens (primary N) is 1. The largest absolute Gasteiger partial charge is 0.496 e. The van der Waals surface area contributed by atoms with Crippen LogP contribution in [-0.2, 0) is 6.54 Å². The summed E-state index contributed by atoms with van der Waals surface area (Å²) in [5.41, 5.74) is 6.65. The highest BCUT2D eigenvalue weighted by Gasteiger charge is 2.02. The number of hydrogen-bond acceptors (Lipinski definition) is 4. The molecule has 1 aromatic rings. The molecule has 0 fully saturated rings. The molecule has 0 saturated heterocycles. The minimum absolute atomic E-state index is 0.00107. The average Bonchev–Trinajstić information content (AvgIpc) is 2.29. The zero-order valence-electron chi connectivity index (χ0n) is 8.94. The van der Waals surface area contributed by atoms with Crippen molar-refractivity contribution < 1.29 is 9.84 Å². The van der Waals surface area contributed by atoms with Crippen molar-refractivity contribution in [2.24, 2.45) is 5.73 Å². The molecule has 0 aliphatic rings. The topological polar surface area (TPSA) is 67.5 Å². The van der Waals surface area contributed by atoms with E-state index in [9.17, 15) is 0 Å². The van der Waals surface area contributed by atoms with Gasteiger partial charge >= 0.3 is 0 Å². The molecule has 0 aliphatic carbocycles. The smallest absolute Gasteiger partial charge is 0.123 e. The fourth-order valence-corrected chi connectivity index (χ4v) is 1.31. The van der Waals surface area contributed by atoms with Crippen LogP contribution in [0.5, 0.6) is 5.75 Å². The number of aliphatic hydroxyl groups is 1. The third kappa shape index (κ3) is 3.87. The lowest BCUT2D eigenvalue weighted by atomic mass is 10.2. The number of hydrogen-bond donors (Lipinski definition) is 3. The number of para-hydroxylation sites is 1. The molecule has 0 heterocycles. The molecule has 0 bridgehead atoms. The van der Waals surface area contributed by atoms with E-state index in [4.69, 9.17) is 15.6 Å². The Morgan fingerprint density at radius 2 is 2.20 bits per heavy atom. The van der Waals surface area contributed by atoms with Crippen molar-refractivity contribution in [2.75, 3.05) is 20.3 Å². The van der Waals surface area contributed by atoms with Gasteiger partial charge in [-0.2, -0.15) is 0 Å². The summed E-state index contributed by atoms with van der Waals surface area (Å²) in [5.74, 6) is 0.863. The second kappa shape index (κ2) is 6.40. The molecule has 0 saturated carbocycles. The van der Waals surface area contributed by atoms with Gasteiger partial charge in [0.2, 0.25) is 0 Å². The molecule has 0 aromatic heterocycles. The van der Waals surface area contributed by atoms with Crippen LogP contribution in [0.3, 0.4) is 0 Å². The van der Waals surface area contributed by atoms with Crippen molar-refractivity contribution >= 4 is 0 Å². The van der Waals surface area contributed by atoms with E-state index in [1.807, 2.05) is 24.3 Å². The fourth-order valence-electron chi connectivity index (χ4n) is 1.31. The summed E-state index contributed by atoms with van der Waals surface area (Å²) in [6, 6.07) is 7.60. The van der Waals surface area contributed by atoms with Gasteiger partial charge in [-0.1, -0.05) is 18.2 Å². The van der Waals surface area contributed by atoms with Crippen LogP contribution in [0.15, 0.2) is 24.3 Å². The zero-order valence-corrected chi connectivity index (χ0v) is 8.94. The van der Waals surface area contributed by atoms with Crippen LogP contribution >= 0.6 is 0 Å². The van der Waals surface area contributed by atoms with Crippen LogP contribution in [0, 0.1) is 0 Å². The summed E-state index contributed by atoms with van der Waals surface area (Å²) in [6.07, 6.45) is 0. The molecule has 84 valence electrons. The van der Waals surface area contributed by atoms with Crippen LogP contribution in [-0.4, -0.2) is 31.4 Å². The van der Waals surface area contributed by atoms with Crippen LogP contribution in [0.1, 0.15) is 5.56 Å². The van der Waals surface area contributed by atoms with Gasteiger partial charge in [0.05, 0.1) is 13.7 Å². The van der Waals surface area contributed by atoms with Crippen LogP contribution in [0.2, 0.25) is 0 Å². The summed E-state index contributed by atoms with van der Waals surface area (Å²) < 4.78 is 5.21. The molecule has 0 amide bonds. The highest BCUT2D eigenvalue weighted by atomic mass is 16.5. The predicted molar refractivity (Wildman–Crippen MR) is 59.8 cm³/mol. The lowest BCUT2D eigenvalue weighted by Crippen LogP contribution is -2.36. The fraction of sp³-hybridized carbons (Fsp3) is 0.455. The number of nitrogens with one attached hydrogen (secondary N) is 1. The van der Waals surface area contributed by atoms with Gasteiger partial charge in [-0.15, -0.1) is 0 Å². The van der Waals surface area contributed by atoms with Crippen LogP contribution < -0.4 is 15.8 Å². The van der Waals surface area contributed by atoms with Gasteiger partial charge in [-0.25, -0.2) is 0 Å². The molecule has 0 aliphatic heterocycles. The Bertz CT molecular complexity index is 292. The number of aliphatic hydroxyl groups excluding tert-OH is 1. The van der Waals surface area contributed by atoms with Gasteiger partial charge in [0.15, 0.2) is 0 Å². The van der Waals surface area contributed by atoms with Crippen molar-refractivity contribution in [2.45, 2.75) is 12.6 Å². The SMILES string of the molecule is COc1ccccc1CNCC(N)CO. The Labute approximate surface area is 90.1 Å². The molecule has 1 unspecified atom stereocenters. The van der Waals surface area contributed by atoms with Gasteiger partial charge in [0.1, 0.15) is 5.75 Å². The summed E-state index contributed by atoms with van der Waals surface area (Å²) in [5, 5.41) is 11.9. The first kappa shape index (κ1) is 12.0. The standard InChI is InChI=1S/C11H18N2O2/c1-15-11-5-3-2-4-9(11)6-13-7-10(12)8-14/h2-5,10,13-14H,6-8,12H2,1H3. The third-order valence-electron chi connectivity index (χ3n) is 2.15. The van der Waals surface area contributed by atoms with Crippen molar-refractivity contribution in [1.82, 2.24) is 5.32 Å². The number of ether oxygens (including phenoxy) is 1. The predicted octanol–water partition coefficient (Wildman–Crippen LogP) is 0.104. The third-order valence-corrected chi connectivity index (χ3v) is 2.15. The number of methoxy groups -OCH3 is 1. The first-order valence-electron chi connectivity index (χ1n) is 4.97. The molecule has 0 radical (unpaired) electrons. The van der Waals surface area contributed by atoms with E-state index in [2.05, 4.69) is 5.32 Å². The summed E-state index contributed by atoms with van der Waals surface area (Å²) in [4.78, 5) is 0. The molecule has 15 heavy (non-hydrogen) atoms. The van der Waals surface area contributed by atoms with Gasteiger partial charge < -0.3 is 20.9 Å². The van der Waals surface area contributed by atoms with E-state index in [0.717, 1.165) is 11.3 Å². The normalized spacial score (nSPS) is 12.5. The molecule has 1 rings (SSSR count). The van der Waals surface area contributed by atoms with E-state index in [-0.39, 0.29) is 12.6 Å². The van der Waals surface area contributed by atoms with E-state index < -0.39 is 0 Å². The Balaban J connectivity index is 2.43. The Morgan fingerprint density at radius 1 is 1.47 bits per heavy atom. The van der Waals surface area contributed by atoms with Crippen LogP contribution in [0.4, 0.5) is 0 Å². The van der Waals surface area contributed by atoms with Crippen molar-refractivity contribution in [3.8, 4) is 5.75 Å². The molecule has 1 atom stereocenters. The molecule has 4 N–H and O–H groups in total. The maximum Gasteiger partial charge on any atom is 0.123 e. The summed E-state index contributed by atoms with van der Waals surface area (Å²) in [7, 11) is 1.65. The van der Waals surface area contributed by atoms with Gasteiger partial charge in [-0.05, 0) is 6.07 Å². The maximum atomic E-state index is 8.74. The Kier molecular flexibility index (Phi) is 5.10. The minimum Gasteiger partial charge on any atom is -0.496 e. The van der Waals surface area contributed by atoms with Gasteiger partial charge in [-0.3, -0.25) is 0 Å². The number of rotatable bonds is 6. The van der Waals surface area contributed by atoms with Crippen molar-refractivity contribution in [1.29, 1.82) is 0 Å². The van der Waals surface area contributed by atoms with Crippen molar-refractivity contribution in [3.05, 3.63) is 29.8 Å². The van der Waals surface area contributed by atoms with Gasteiger partial charge in [0.25, 0.3) is 0 Å². The highest BCUT2D eigenvalue weighted by molar-refractivity contribution is 5.32. The molecule has 4 heteroatoms. The maximum absolute atomic E-state index is 8.74. The molecular formula is C11H18N2O2. The molecular weight excluding hydrogens is 192 g/mol. The van der Waals surface area contributed by atoms with Crippen molar-refractivity contribution in [3.63, 3.8) is 0 Å². The first-order chi connectivity index (χ1) is 7.27. The average molecular weight is 210 g/mol. The first-order valence-corrected chi connectivity index (χ1v) is 4.97. The second-order valence-electron chi connectivity index (χ2n) is 3.39. The van der Waals surface area contributed by atoms with E-state index >= 15 is 0 Å². The monoisotopic (exact) mass is 210 g/mol. The van der Waals surface area contributed by atoms with E-state index in [0.29, 0.717) is 13.1 Å². The minimum atomic E-state index is -0.209. The Hall–Kier alpha value is -1.10. The zero-order chi connectivity index (χ0) is 11.1. The van der Waals surface area contributed by atoms with E-state index in [1.54, 1.807) is 7.11 Å².